The minimum absolute atomic E-state index is 0.749. The number of thiophene rings is 1. The number of aromatic amines is 1. The molecule has 4 aromatic rings. The SMILES string of the molecule is COc1cc2[nH]ncc2cc1Nc1ncnc2sc3c(c12)CCN(CCCN1CCOCC1)C3. The second-order valence-electron chi connectivity index (χ2n) is 8.87. The van der Waals surface area contributed by atoms with E-state index in [1.54, 1.807) is 24.8 Å². The first-order chi connectivity index (χ1) is 16.8. The van der Waals surface area contributed by atoms with Gasteiger partial charge in [0.15, 0.2) is 0 Å². The summed E-state index contributed by atoms with van der Waals surface area (Å²) in [5.74, 6) is 1.59. The van der Waals surface area contributed by atoms with Crippen molar-refractivity contribution in [1.82, 2.24) is 30.0 Å². The van der Waals surface area contributed by atoms with Crippen LogP contribution in [0.15, 0.2) is 24.7 Å². The Hall–Kier alpha value is -2.79. The van der Waals surface area contributed by atoms with E-state index in [2.05, 4.69) is 35.3 Å². The molecule has 0 saturated carbocycles. The van der Waals surface area contributed by atoms with Crippen LogP contribution < -0.4 is 10.1 Å². The Morgan fingerprint density at radius 1 is 1.15 bits per heavy atom. The lowest BCUT2D eigenvalue weighted by molar-refractivity contribution is 0.0359. The zero-order chi connectivity index (χ0) is 22.9. The molecule has 2 N–H and O–H groups in total. The first-order valence-electron chi connectivity index (χ1n) is 11.8. The van der Waals surface area contributed by atoms with Crippen LogP contribution in [-0.4, -0.2) is 83.0 Å². The molecular weight excluding hydrogens is 450 g/mol. The number of hydrogen-bond acceptors (Lipinski definition) is 9. The molecule has 0 amide bonds. The van der Waals surface area contributed by atoms with Gasteiger partial charge in [-0.05, 0) is 37.6 Å². The van der Waals surface area contributed by atoms with E-state index >= 15 is 0 Å². The van der Waals surface area contributed by atoms with Crippen molar-refractivity contribution in [2.75, 3.05) is 58.4 Å². The molecule has 2 aliphatic heterocycles. The van der Waals surface area contributed by atoms with Crippen molar-refractivity contribution in [2.45, 2.75) is 19.4 Å². The van der Waals surface area contributed by atoms with Crippen LogP contribution in [0.3, 0.4) is 0 Å². The van der Waals surface area contributed by atoms with Gasteiger partial charge >= 0.3 is 0 Å². The highest BCUT2D eigenvalue weighted by molar-refractivity contribution is 7.19. The Kier molecular flexibility index (Phi) is 6.04. The largest absolute Gasteiger partial charge is 0.494 e. The van der Waals surface area contributed by atoms with Crippen molar-refractivity contribution in [3.63, 3.8) is 0 Å². The van der Waals surface area contributed by atoms with E-state index in [0.29, 0.717) is 0 Å². The van der Waals surface area contributed by atoms with Gasteiger partial charge in [0.2, 0.25) is 0 Å². The maximum Gasteiger partial charge on any atom is 0.144 e. The minimum atomic E-state index is 0.749. The van der Waals surface area contributed by atoms with Crippen LogP contribution in [-0.2, 0) is 17.7 Å². The summed E-state index contributed by atoms with van der Waals surface area (Å²) in [4.78, 5) is 16.8. The van der Waals surface area contributed by atoms with E-state index in [4.69, 9.17) is 9.47 Å². The molecule has 178 valence electrons. The van der Waals surface area contributed by atoms with Crippen LogP contribution in [0, 0.1) is 0 Å². The lowest BCUT2D eigenvalue weighted by Gasteiger charge is -2.30. The fourth-order valence-electron chi connectivity index (χ4n) is 4.97. The quantitative estimate of drug-likeness (QED) is 0.417. The van der Waals surface area contributed by atoms with Crippen LogP contribution in [0.2, 0.25) is 0 Å². The lowest BCUT2D eigenvalue weighted by Crippen LogP contribution is -2.38. The van der Waals surface area contributed by atoms with Gasteiger partial charge < -0.3 is 14.8 Å². The fraction of sp³-hybridized carbons (Fsp3) is 0.458. The Balaban J connectivity index is 1.21. The van der Waals surface area contributed by atoms with Gasteiger partial charge in [0.25, 0.3) is 0 Å². The van der Waals surface area contributed by atoms with Crippen molar-refractivity contribution in [2.24, 2.45) is 0 Å². The number of methoxy groups -OCH3 is 1. The number of hydrogen-bond donors (Lipinski definition) is 2. The van der Waals surface area contributed by atoms with Crippen molar-refractivity contribution < 1.29 is 9.47 Å². The first kappa shape index (κ1) is 21.7. The zero-order valence-electron chi connectivity index (χ0n) is 19.3. The topological polar surface area (TPSA) is 91.4 Å². The van der Waals surface area contributed by atoms with Crippen molar-refractivity contribution >= 4 is 44.0 Å². The predicted octanol–water partition coefficient (Wildman–Crippen LogP) is 3.40. The van der Waals surface area contributed by atoms with E-state index in [-0.39, 0.29) is 0 Å². The highest BCUT2D eigenvalue weighted by Crippen LogP contribution is 2.39. The summed E-state index contributed by atoms with van der Waals surface area (Å²) in [7, 11) is 1.68. The molecule has 5 heterocycles. The lowest BCUT2D eigenvalue weighted by atomic mass is 10.0. The first-order valence-corrected chi connectivity index (χ1v) is 12.7. The summed E-state index contributed by atoms with van der Waals surface area (Å²) >= 11 is 1.80. The average molecular weight is 480 g/mol. The maximum atomic E-state index is 5.63. The summed E-state index contributed by atoms with van der Waals surface area (Å²) in [5.41, 5.74) is 3.20. The molecule has 0 aliphatic carbocycles. The number of aromatic nitrogens is 4. The molecule has 1 aromatic carbocycles. The minimum Gasteiger partial charge on any atom is -0.494 e. The third kappa shape index (κ3) is 4.22. The van der Waals surface area contributed by atoms with Crippen LogP contribution in [0.5, 0.6) is 5.75 Å². The smallest absolute Gasteiger partial charge is 0.144 e. The molecule has 0 atom stereocenters. The van der Waals surface area contributed by atoms with E-state index in [9.17, 15) is 0 Å². The molecule has 9 nitrogen and oxygen atoms in total. The summed E-state index contributed by atoms with van der Waals surface area (Å²) in [6, 6.07) is 4.00. The molecular formula is C24H29N7O2S. The molecule has 0 radical (unpaired) electrons. The Morgan fingerprint density at radius 3 is 2.91 bits per heavy atom. The molecule has 2 aliphatic rings. The van der Waals surface area contributed by atoms with Gasteiger partial charge in [-0.2, -0.15) is 5.10 Å². The van der Waals surface area contributed by atoms with Crippen molar-refractivity contribution in [1.29, 1.82) is 0 Å². The average Bonchev–Trinajstić information content (AvgIpc) is 3.48. The fourth-order valence-corrected chi connectivity index (χ4v) is 6.20. The van der Waals surface area contributed by atoms with E-state index < -0.39 is 0 Å². The van der Waals surface area contributed by atoms with E-state index in [0.717, 1.165) is 97.3 Å². The number of fused-ring (bicyclic) bond motifs is 4. The summed E-state index contributed by atoms with van der Waals surface area (Å²) < 4.78 is 11.1. The van der Waals surface area contributed by atoms with Crippen LogP contribution >= 0.6 is 11.3 Å². The number of rotatable bonds is 7. The Morgan fingerprint density at radius 2 is 2.03 bits per heavy atom. The zero-order valence-corrected chi connectivity index (χ0v) is 20.2. The molecule has 10 heteroatoms. The van der Waals surface area contributed by atoms with E-state index in [1.807, 2.05) is 18.3 Å². The molecule has 34 heavy (non-hydrogen) atoms. The van der Waals surface area contributed by atoms with Gasteiger partial charge in [0.05, 0.1) is 43.1 Å². The molecule has 6 rings (SSSR count). The van der Waals surface area contributed by atoms with Crippen molar-refractivity contribution in [3.05, 3.63) is 35.1 Å². The number of benzene rings is 1. The number of ether oxygens (including phenoxy) is 2. The number of nitrogens with zero attached hydrogens (tertiary/aromatic N) is 5. The highest BCUT2D eigenvalue weighted by Gasteiger charge is 2.24. The third-order valence-electron chi connectivity index (χ3n) is 6.78. The third-order valence-corrected chi connectivity index (χ3v) is 7.91. The standard InChI is InChI=1S/C24H29N7O2S/c1-32-20-12-18-16(13-27-29-18)11-19(20)28-23-22-17-3-6-31(5-2-4-30-7-9-33-10-8-30)14-21(17)34-24(22)26-15-25-23/h11-13,15H,2-10,14H2,1H3,(H,27,29)(H,25,26,28). The molecule has 0 bridgehead atoms. The second kappa shape index (κ2) is 9.46. The molecule has 3 aromatic heterocycles. The number of morpholine rings is 1. The van der Waals surface area contributed by atoms with Gasteiger partial charge in [-0.3, -0.25) is 14.9 Å². The van der Waals surface area contributed by atoms with Gasteiger partial charge in [0, 0.05) is 42.5 Å². The summed E-state index contributed by atoms with van der Waals surface area (Å²) in [6.45, 7) is 8.21. The normalized spacial score (nSPS) is 17.3. The van der Waals surface area contributed by atoms with Gasteiger partial charge in [-0.1, -0.05) is 0 Å². The van der Waals surface area contributed by atoms with Crippen LogP contribution in [0.1, 0.15) is 16.9 Å². The second-order valence-corrected chi connectivity index (χ2v) is 9.96. The molecule has 1 fully saturated rings. The maximum absolute atomic E-state index is 5.63. The van der Waals surface area contributed by atoms with Gasteiger partial charge in [-0.25, -0.2) is 9.97 Å². The summed E-state index contributed by atoms with van der Waals surface area (Å²) in [5, 5.41) is 12.8. The number of H-pyrrole nitrogens is 1. The van der Waals surface area contributed by atoms with Crippen LogP contribution in [0.25, 0.3) is 21.1 Å². The number of anilines is 2. The van der Waals surface area contributed by atoms with Crippen LogP contribution in [0.4, 0.5) is 11.5 Å². The predicted molar refractivity (Wildman–Crippen MR) is 134 cm³/mol. The monoisotopic (exact) mass is 479 g/mol. The molecule has 1 saturated heterocycles. The Bertz CT molecular complexity index is 1300. The molecule has 0 spiro atoms. The highest BCUT2D eigenvalue weighted by atomic mass is 32.1. The van der Waals surface area contributed by atoms with E-state index in [1.165, 1.54) is 16.9 Å². The number of nitrogens with one attached hydrogen (secondary N) is 2. The van der Waals surface area contributed by atoms with Gasteiger partial charge in [0.1, 0.15) is 22.7 Å². The van der Waals surface area contributed by atoms with Gasteiger partial charge in [-0.15, -0.1) is 11.3 Å². The summed E-state index contributed by atoms with van der Waals surface area (Å²) in [6.07, 6.45) is 5.68. The Labute approximate surface area is 202 Å². The molecule has 0 unspecified atom stereocenters. The van der Waals surface area contributed by atoms with Crippen molar-refractivity contribution in [3.8, 4) is 5.75 Å².